The molecule has 2 aromatic carbocycles. The second kappa shape index (κ2) is 6.59. The van der Waals surface area contributed by atoms with Crippen LogP contribution < -0.4 is 4.90 Å². The molecular formula is C16H17ClN2O2. The minimum atomic E-state index is -0.399. The maximum atomic E-state index is 10.9. The fraction of sp³-hybridized carbons (Fsp3) is 0.250. The highest BCUT2D eigenvalue weighted by Crippen LogP contribution is 2.33. The molecule has 0 N–H and O–H groups in total. The maximum absolute atomic E-state index is 10.9. The maximum Gasteiger partial charge on any atom is 0.269 e. The van der Waals surface area contributed by atoms with E-state index in [0.29, 0.717) is 0 Å². The molecule has 0 aliphatic heterocycles. The summed E-state index contributed by atoms with van der Waals surface area (Å²) in [5.74, 6) is 0.236. The van der Waals surface area contributed by atoms with Crippen molar-refractivity contribution in [3.63, 3.8) is 0 Å². The van der Waals surface area contributed by atoms with Crippen LogP contribution in [0, 0.1) is 17.0 Å². The zero-order valence-corrected chi connectivity index (χ0v) is 12.8. The van der Waals surface area contributed by atoms with Gasteiger partial charge >= 0.3 is 0 Å². The number of benzene rings is 2. The van der Waals surface area contributed by atoms with Gasteiger partial charge in [-0.2, -0.15) is 0 Å². The molecular weight excluding hydrogens is 288 g/mol. The summed E-state index contributed by atoms with van der Waals surface area (Å²) in [6, 6.07) is 12.9. The van der Waals surface area contributed by atoms with Crippen LogP contribution in [-0.4, -0.2) is 11.5 Å². The highest BCUT2D eigenvalue weighted by molar-refractivity contribution is 6.17. The van der Waals surface area contributed by atoms with Gasteiger partial charge < -0.3 is 4.90 Å². The molecule has 0 saturated carbocycles. The molecule has 0 bridgehead atoms. The predicted octanol–water partition coefficient (Wildman–Crippen LogP) is 4.80. The van der Waals surface area contributed by atoms with E-state index in [4.69, 9.17) is 11.6 Å². The number of anilines is 2. The van der Waals surface area contributed by atoms with Gasteiger partial charge in [0.1, 0.15) is 0 Å². The fourth-order valence-electron chi connectivity index (χ4n) is 2.39. The zero-order valence-electron chi connectivity index (χ0n) is 12.0. The van der Waals surface area contributed by atoms with Crippen LogP contribution >= 0.6 is 11.6 Å². The lowest BCUT2D eigenvalue weighted by molar-refractivity contribution is -0.384. The molecule has 0 fully saturated rings. The van der Waals surface area contributed by atoms with E-state index < -0.39 is 4.92 Å². The number of alkyl halides is 1. The van der Waals surface area contributed by atoms with Crippen LogP contribution in [0.5, 0.6) is 0 Å². The molecule has 0 aromatic heterocycles. The molecule has 0 amide bonds. The second-order valence-corrected chi connectivity index (χ2v) is 5.00. The molecule has 5 heteroatoms. The van der Waals surface area contributed by atoms with E-state index in [1.54, 1.807) is 12.1 Å². The first-order valence-electron chi connectivity index (χ1n) is 6.75. The average Bonchev–Trinajstić information content (AvgIpc) is 2.49. The lowest BCUT2D eigenvalue weighted by atomic mass is 10.1. The van der Waals surface area contributed by atoms with E-state index in [0.717, 1.165) is 29.0 Å². The first-order chi connectivity index (χ1) is 10.1. The minimum absolute atomic E-state index is 0.0650. The number of non-ortho nitro benzene ring substituents is 1. The van der Waals surface area contributed by atoms with Gasteiger partial charge in [-0.3, -0.25) is 10.1 Å². The van der Waals surface area contributed by atoms with Gasteiger partial charge in [-0.15, -0.1) is 11.6 Å². The third kappa shape index (κ3) is 3.16. The van der Waals surface area contributed by atoms with Crippen molar-refractivity contribution in [3.8, 4) is 0 Å². The molecule has 0 aliphatic carbocycles. The quantitative estimate of drug-likeness (QED) is 0.453. The van der Waals surface area contributed by atoms with Crippen molar-refractivity contribution in [2.45, 2.75) is 19.7 Å². The van der Waals surface area contributed by atoms with Crippen molar-refractivity contribution in [2.75, 3.05) is 11.4 Å². The molecule has 0 spiro atoms. The topological polar surface area (TPSA) is 46.4 Å². The number of hydrogen-bond acceptors (Lipinski definition) is 3. The summed E-state index contributed by atoms with van der Waals surface area (Å²) in [7, 11) is 0. The van der Waals surface area contributed by atoms with Crippen LogP contribution in [0.3, 0.4) is 0 Å². The number of nitro groups is 1. The van der Waals surface area contributed by atoms with Crippen LogP contribution in [0.4, 0.5) is 17.1 Å². The number of para-hydroxylation sites is 1. The first kappa shape index (κ1) is 15.3. The summed E-state index contributed by atoms with van der Waals surface area (Å²) in [6.07, 6.45) is 0. The Kier molecular flexibility index (Phi) is 4.81. The Balaban J connectivity index is 2.52. The van der Waals surface area contributed by atoms with E-state index in [1.165, 1.54) is 6.07 Å². The molecule has 110 valence electrons. The van der Waals surface area contributed by atoms with Crippen LogP contribution in [0.2, 0.25) is 0 Å². The number of aryl methyl sites for hydroxylation is 1. The number of nitro benzene ring substituents is 1. The normalized spacial score (nSPS) is 10.4. The van der Waals surface area contributed by atoms with Gasteiger partial charge in [-0.25, -0.2) is 0 Å². The minimum Gasteiger partial charge on any atom is -0.341 e. The van der Waals surface area contributed by atoms with Gasteiger partial charge in [0.2, 0.25) is 0 Å². The van der Waals surface area contributed by atoms with E-state index in [2.05, 4.69) is 4.90 Å². The lowest BCUT2D eigenvalue weighted by Crippen LogP contribution is -2.18. The monoisotopic (exact) mass is 304 g/mol. The molecule has 0 aliphatic rings. The SMILES string of the molecule is CCN(c1ccccc1C)c1ccc([N+](=O)[O-])cc1CCl. The van der Waals surface area contributed by atoms with Crippen molar-refractivity contribution in [1.82, 2.24) is 0 Å². The van der Waals surface area contributed by atoms with Crippen molar-refractivity contribution in [1.29, 1.82) is 0 Å². The van der Waals surface area contributed by atoms with Gasteiger partial charge in [0.25, 0.3) is 5.69 Å². The molecule has 2 aromatic rings. The third-order valence-corrected chi connectivity index (χ3v) is 3.72. The predicted molar refractivity (Wildman–Crippen MR) is 86.5 cm³/mol. The third-order valence-electron chi connectivity index (χ3n) is 3.43. The zero-order chi connectivity index (χ0) is 15.4. The van der Waals surface area contributed by atoms with Gasteiger partial charge in [-0.1, -0.05) is 18.2 Å². The Hall–Kier alpha value is -2.07. The van der Waals surface area contributed by atoms with Gasteiger partial charge in [-0.05, 0) is 37.1 Å². The Bertz CT molecular complexity index is 658. The summed E-state index contributed by atoms with van der Waals surface area (Å²) in [4.78, 5) is 12.6. The molecule has 0 unspecified atom stereocenters. The van der Waals surface area contributed by atoms with Crippen LogP contribution in [-0.2, 0) is 5.88 Å². The highest BCUT2D eigenvalue weighted by atomic mass is 35.5. The Morgan fingerprint density at radius 2 is 1.90 bits per heavy atom. The fourth-order valence-corrected chi connectivity index (χ4v) is 2.61. The smallest absolute Gasteiger partial charge is 0.269 e. The highest BCUT2D eigenvalue weighted by Gasteiger charge is 2.16. The van der Waals surface area contributed by atoms with Crippen LogP contribution in [0.1, 0.15) is 18.1 Å². The van der Waals surface area contributed by atoms with Crippen molar-refractivity contribution >= 4 is 28.7 Å². The molecule has 0 atom stereocenters. The second-order valence-electron chi connectivity index (χ2n) is 4.73. The molecule has 0 radical (unpaired) electrons. The number of nitrogens with zero attached hydrogens (tertiary/aromatic N) is 2. The summed E-state index contributed by atoms with van der Waals surface area (Å²) < 4.78 is 0. The van der Waals surface area contributed by atoms with E-state index in [1.807, 2.05) is 38.1 Å². The van der Waals surface area contributed by atoms with E-state index >= 15 is 0 Å². The Labute approximate surface area is 129 Å². The Morgan fingerprint density at radius 1 is 1.19 bits per heavy atom. The summed E-state index contributed by atoms with van der Waals surface area (Å²) in [5, 5.41) is 10.9. The van der Waals surface area contributed by atoms with E-state index in [-0.39, 0.29) is 11.6 Å². The number of hydrogen-bond donors (Lipinski definition) is 0. The van der Waals surface area contributed by atoms with Crippen molar-refractivity contribution in [2.24, 2.45) is 0 Å². The molecule has 0 saturated heterocycles. The molecule has 4 nitrogen and oxygen atoms in total. The van der Waals surface area contributed by atoms with Gasteiger partial charge in [0.15, 0.2) is 0 Å². The van der Waals surface area contributed by atoms with Gasteiger partial charge in [0.05, 0.1) is 4.92 Å². The first-order valence-corrected chi connectivity index (χ1v) is 7.28. The molecule has 0 heterocycles. The van der Waals surface area contributed by atoms with Crippen LogP contribution in [0.25, 0.3) is 0 Å². The molecule has 2 rings (SSSR count). The van der Waals surface area contributed by atoms with Crippen LogP contribution in [0.15, 0.2) is 42.5 Å². The number of rotatable bonds is 5. The van der Waals surface area contributed by atoms with E-state index in [9.17, 15) is 10.1 Å². The average molecular weight is 305 g/mol. The standard InChI is InChI=1S/C16H17ClN2O2/c1-3-18(15-7-5-4-6-12(15)2)16-9-8-14(19(20)21)10-13(16)11-17/h4-10H,3,11H2,1-2H3. The summed E-state index contributed by atoms with van der Waals surface area (Å²) in [5.41, 5.74) is 3.97. The van der Waals surface area contributed by atoms with Crippen molar-refractivity contribution < 1.29 is 4.92 Å². The molecule has 21 heavy (non-hydrogen) atoms. The lowest BCUT2D eigenvalue weighted by Gasteiger charge is -2.27. The number of halogens is 1. The van der Waals surface area contributed by atoms with Crippen molar-refractivity contribution in [3.05, 3.63) is 63.7 Å². The summed E-state index contributed by atoms with van der Waals surface area (Å²) in [6.45, 7) is 4.85. The van der Waals surface area contributed by atoms with Gasteiger partial charge in [0, 0.05) is 35.9 Å². The summed E-state index contributed by atoms with van der Waals surface area (Å²) >= 11 is 5.99. The largest absolute Gasteiger partial charge is 0.341 e. The Morgan fingerprint density at radius 3 is 2.48 bits per heavy atom.